The summed E-state index contributed by atoms with van der Waals surface area (Å²) < 4.78 is 5.15. The quantitative estimate of drug-likeness (QED) is 0.866. The van der Waals surface area contributed by atoms with Gasteiger partial charge < -0.3 is 10.1 Å². The molecule has 0 saturated heterocycles. The average molecular weight is 340 g/mol. The van der Waals surface area contributed by atoms with Gasteiger partial charge in [-0.3, -0.25) is 4.79 Å². The Balaban J connectivity index is 1.97. The normalized spacial score (nSPS) is 11.8. The first-order valence-electron chi connectivity index (χ1n) is 6.44. The zero-order valence-electron chi connectivity index (χ0n) is 12.2. The average Bonchev–Trinajstić information content (AvgIpc) is 2.80. The van der Waals surface area contributed by atoms with E-state index in [9.17, 15) is 9.59 Å². The Morgan fingerprint density at radius 2 is 2.09 bits per heavy atom. The molecule has 1 atom stereocenters. The molecule has 0 fully saturated rings. The van der Waals surface area contributed by atoms with Crippen molar-refractivity contribution < 1.29 is 14.3 Å². The largest absolute Gasteiger partial charge is 0.448 e. The smallest absolute Gasteiger partial charge is 0.351 e. The van der Waals surface area contributed by atoms with E-state index in [1.807, 2.05) is 0 Å². The lowest BCUT2D eigenvalue weighted by atomic mass is 10.3. The SMILES string of the molecule is Cc1nc(C)c(C(=O)O[C@@H](C)C(=O)Nc2ccc(Cl)cn2)s1. The van der Waals surface area contributed by atoms with Crippen molar-refractivity contribution in [2.45, 2.75) is 26.9 Å². The Morgan fingerprint density at radius 3 is 2.64 bits per heavy atom. The number of hydrogen-bond donors (Lipinski definition) is 1. The summed E-state index contributed by atoms with van der Waals surface area (Å²) in [5.74, 6) is -0.695. The number of aryl methyl sites for hydroxylation is 2. The maximum absolute atomic E-state index is 12.0. The van der Waals surface area contributed by atoms with Crippen molar-refractivity contribution >= 4 is 40.6 Å². The monoisotopic (exact) mass is 339 g/mol. The van der Waals surface area contributed by atoms with Gasteiger partial charge in [-0.25, -0.2) is 14.8 Å². The second-order valence-corrected chi connectivity index (χ2v) is 6.19. The number of anilines is 1. The molecule has 6 nitrogen and oxygen atoms in total. The van der Waals surface area contributed by atoms with Crippen molar-refractivity contribution in [3.05, 3.63) is 38.9 Å². The second kappa shape index (κ2) is 6.85. The highest BCUT2D eigenvalue weighted by Gasteiger charge is 2.22. The number of aromatic nitrogens is 2. The van der Waals surface area contributed by atoms with Crippen LogP contribution in [0.15, 0.2) is 18.3 Å². The van der Waals surface area contributed by atoms with Crippen molar-refractivity contribution in [2.75, 3.05) is 5.32 Å². The van der Waals surface area contributed by atoms with Crippen LogP contribution in [0, 0.1) is 13.8 Å². The highest BCUT2D eigenvalue weighted by Crippen LogP contribution is 2.19. The molecule has 2 aromatic rings. The molecule has 0 radical (unpaired) electrons. The predicted molar refractivity (Wildman–Crippen MR) is 84.3 cm³/mol. The van der Waals surface area contributed by atoms with Crippen LogP contribution in [0.5, 0.6) is 0 Å². The number of nitrogens with zero attached hydrogens (tertiary/aromatic N) is 2. The zero-order valence-corrected chi connectivity index (χ0v) is 13.8. The van der Waals surface area contributed by atoms with E-state index in [0.29, 0.717) is 21.4 Å². The Labute approximate surface area is 136 Å². The summed E-state index contributed by atoms with van der Waals surface area (Å²) in [4.78, 5) is 32.5. The number of rotatable bonds is 4. The van der Waals surface area contributed by atoms with Crippen LogP contribution in [0.3, 0.4) is 0 Å². The summed E-state index contributed by atoms with van der Waals surface area (Å²) in [7, 11) is 0. The molecule has 0 spiro atoms. The van der Waals surface area contributed by atoms with Crippen LogP contribution in [0.4, 0.5) is 5.82 Å². The maximum atomic E-state index is 12.0. The topological polar surface area (TPSA) is 81.2 Å². The van der Waals surface area contributed by atoms with Crippen LogP contribution in [-0.4, -0.2) is 27.9 Å². The number of pyridine rings is 1. The number of carbonyl (C=O) groups excluding carboxylic acids is 2. The number of amides is 1. The van der Waals surface area contributed by atoms with Gasteiger partial charge in [0.2, 0.25) is 0 Å². The van der Waals surface area contributed by atoms with Crippen molar-refractivity contribution in [3.63, 3.8) is 0 Å². The molecule has 1 N–H and O–H groups in total. The molecular formula is C14H14ClN3O3S. The van der Waals surface area contributed by atoms with E-state index in [2.05, 4.69) is 15.3 Å². The van der Waals surface area contributed by atoms with E-state index in [1.165, 1.54) is 24.5 Å². The summed E-state index contributed by atoms with van der Waals surface area (Å²) in [5.41, 5.74) is 0.597. The van der Waals surface area contributed by atoms with Crippen LogP contribution in [0.25, 0.3) is 0 Å². The number of ether oxygens (including phenoxy) is 1. The Bertz CT molecular complexity index is 700. The molecule has 0 aliphatic heterocycles. The van der Waals surface area contributed by atoms with Crippen molar-refractivity contribution in [3.8, 4) is 0 Å². The van der Waals surface area contributed by atoms with E-state index in [-0.39, 0.29) is 0 Å². The van der Waals surface area contributed by atoms with Gasteiger partial charge in [-0.2, -0.15) is 0 Å². The van der Waals surface area contributed by atoms with Crippen LogP contribution in [0.1, 0.15) is 27.3 Å². The number of esters is 1. The third-order valence-electron chi connectivity index (χ3n) is 2.72. The van der Waals surface area contributed by atoms with E-state index in [1.54, 1.807) is 26.0 Å². The van der Waals surface area contributed by atoms with Gasteiger partial charge in [0, 0.05) is 6.20 Å². The molecular weight excluding hydrogens is 326 g/mol. The lowest BCUT2D eigenvalue weighted by Gasteiger charge is -2.12. The van der Waals surface area contributed by atoms with Crippen molar-refractivity contribution in [2.24, 2.45) is 0 Å². The molecule has 2 heterocycles. The Morgan fingerprint density at radius 1 is 1.36 bits per heavy atom. The highest BCUT2D eigenvalue weighted by molar-refractivity contribution is 7.13. The van der Waals surface area contributed by atoms with Gasteiger partial charge in [-0.1, -0.05) is 11.6 Å². The first-order chi connectivity index (χ1) is 10.4. The highest BCUT2D eigenvalue weighted by atomic mass is 35.5. The molecule has 0 aliphatic rings. The fourth-order valence-corrected chi connectivity index (χ4v) is 2.58. The predicted octanol–water partition coefficient (Wildman–Crippen LogP) is 2.99. The minimum absolute atomic E-state index is 0.335. The summed E-state index contributed by atoms with van der Waals surface area (Å²) >= 11 is 6.95. The molecule has 0 aromatic carbocycles. The number of thiazole rings is 1. The fraction of sp³-hybridized carbons (Fsp3) is 0.286. The van der Waals surface area contributed by atoms with Gasteiger partial charge in [0.05, 0.1) is 15.7 Å². The zero-order chi connectivity index (χ0) is 16.3. The second-order valence-electron chi connectivity index (χ2n) is 4.55. The van der Waals surface area contributed by atoms with Gasteiger partial charge in [0.25, 0.3) is 5.91 Å². The fourth-order valence-electron chi connectivity index (χ4n) is 1.67. The lowest BCUT2D eigenvalue weighted by molar-refractivity contribution is -0.123. The number of carbonyl (C=O) groups is 2. The van der Waals surface area contributed by atoms with Crippen LogP contribution in [0.2, 0.25) is 5.02 Å². The van der Waals surface area contributed by atoms with Gasteiger partial charge >= 0.3 is 5.97 Å². The summed E-state index contributed by atoms with van der Waals surface area (Å²) in [6, 6.07) is 3.16. The number of hydrogen-bond acceptors (Lipinski definition) is 6. The molecule has 1 amide bonds. The maximum Gasteiger partial charge on any atom is 0.351 e. The lowest BCUT2D eigenvalue weighted by Crippen LogP contribution is -2.30. The third kappa shape index (κ3) is 4.02. The molecule has 0 bridgehead atoms. The molecule has 0 unspecified atom stereocenters. The third-order valence-corrected chi connectivity index (χ3v) is 4.00. The van der Waals surface area contributed by atoms with E-state index >= 15 is 0 Å². The van der Waals surface area contributed by atoms with E-state index < -0.39 is 18.0 Å². The standard InChI is InChI=1S/C14H14ClN3O3S/c1-7-12(22-9(3)17-7)14(20)21-8(2)13(19)18-11-5-4-10(15)6-16-11/h4-6,8H,1-3H3,(H,16,18,19)/t8-/m0/s1. The van der Waals surface area contributed by atoms with Crippen LogP contribution >= 0.6 is 22.9 Å². The first kappa shape index (κ1) is 16.4. The molecule has 0 saturated carbocycles. The summed E-state index contributed by atoms with van der Waals surface area (Å²) in [5, 5.41) is 3.78. The van der Waals surface area contributed by atoms with Crippen LogP contribution in [-0.2, 0) is 9.53 Å². The van der Waals surface area contributed by atoms with Gasteiger partial charge in [0.15, 0.2) is 6.10 Å². The molecule has 0 aliphatic carbocycles. The van der Waals surface area contributed by atoms with Gasteiger partial charge in [-0.05, 0) is 32.9 Å². The molecule has 116 valence electrons. The number of halogens is 1. The van der Waals surface area contributed by atoms with Crippen molar-refractivity contribution in [1.82, 2.24) is 9.97 Å². The van der Waals surface area contributed by atoms with Crippen molar-refractivity contribution in [1.29, 1.82) is 0 Å². The van der Waals surface area contributed by atoms with Crippen LogP contribution < -0.4 is 5.32 Å². The Hall–Kier alpha value is -1.99. The van der Waals surface area contributed by atoms with E-state index in [4.69, 9.17) is 16.3 Å². The van der Waals surface area contributed by atoms with Gasteiger partial charge in [0.1, 0.15) is 10.7 Å². The first-order valence-corrected chi connectivity index (χ1v) is 7.63. The molecule has 2 rings (SSSR count). The minimum Gasteiger partial charge on any atom is -0.448 e. The Kier molecular flexibility index (Phi) is 5.10. The van der Waals surface area contributed by atoms with E-state index in [0.717, 1.165) is 5.01 Å². The summed E-state index contributed by atoms with van der Waals surface area (Å²) in [6.07, 6.45) is 0.462. The molecule has 2 aromatic heterocycles. The van der Waals surface area contributed by atoms with Gasteiger partial charge in [-0.15, -0.1) is 11.3 Å². The molecule has 8 heteroatoms. The molecule has 22 heavy (non-hydrogen) atoms. The minimum atomic E-state index is -0.952. The number of nitrogens with one attached hydrogen (secondary N) is 1. The summed E-state index contributed by atoms with van der Waals surface area (Å²) in [6.45, 7) is 5.02.